The number of hydrogen-bond acceptors (Lipinski definition) is 4. The van der Waals surface area contributed by atoms with Gasteiger partial charge in [0.1, 0.15) is 0 Å². The van der Waals surface area contributed by atoms with E-state index in [1.807, 2.05) is 30.3 Å². The van der Waals surface area contributed by atoms with Crippen molar-refractivity contribution in [3.8, 4) is 0 Å². The average molecular weight is 284 g/mol. The van der Waals surface area contributed by atoms with Gasteiger partial charge in [0.15, 0.2) is 0 Å². The van der Waals surface area contributed by atoms with Gasteiger partial charge in [0, 0.05) is 6.42 Å². The van der Waals surface area contributed by atoms with Crippen LogP contribution in [0.4, 0.5) is 5.69 Å². The summed E-state index contributed by atoms with van der Waals surface area (Å²) < 4.78 is 5.67. The number of rotatable bonds is 6. The normalized spacial score (nSPS) is 21.2. The Balaban J connectivity index is 2.20. The van der Waals surface area contributed by atoms with Gasteiger partial charge in [-0.1, -0.05) is 30.4 Å². The van der Waals surface area contributed by atoms with Gasteiger partial charge in [0.2, 0.25) is 5.72 Å². The third-order valence-corrected chi connectivity index (χ3v) is 2.93. The van der Waals surface area contributed by atoms with Gasteiger partial charge < -0.3 is 9.84 Å². The highest BCUT2D eigenvalue weighted by molar-refractivity contribution is 5.90. The first-order valence-corrected chi connectivity index (χ1v) is 6.51. The highest BCUT2D eigenvalue weighted by Gasteiger charge is 2.30. The summed E-state index contributed by atoms with van der Waals surface area (Å²) in [4.78, 5) is 10.9. The molecule has 1 atom stereocenters. The summed E-state index contributed by atoms with van der Waals surface area (Å²) in [7, 11) is 0. The number of hydrogen-bond donors (Lipinski definition) is 1. The number of carbonyl (C=O) groups is 1. The lowest BCUT2D eigenvalue weighted by Crippen LogP contribution is -2.29. The lowest BCUT2D eigenvalue weighted by atomic mass is 10.00. The van der Waals surface area contributed by atoms with Gasteiger partial charge in [-0.15, -0.1) is 11.7 Å². The smallest absolute Gasteiger partial charge is 0.335 e. The summed E-state index contributed by atoms with van der Waals surface area (Å²) in [6.45, 7) is 3.91. The van der Waals surface area contributed by atoms with E-state index in [2.05, 4.69) is 16.8 Å². The van der Waals surface area contributed by atoms with Crippen molar-refractivity contribution in [2.24, 2.45) is 10.2 Å². The minimum atomic E-state index is -0.983. The van der Waals surface area contributed by atoms with Crippen LogP contribution in [0.15, 0.2) is 77.0 Å². The summed E-state index contributed by atoms with van der Waals surface area (Å²) in [5.41, 5.74) is -0.0496. The first-order chi connectivity index (χ1) is 10.2. The van der Waals surface area contributed by atoms with Gasteiger partial charge in [-0.25, -0.2) is 4.79 Å². The molecule has 1 aromatic rings. The van der Waals surface area contributed by atoms with Gasteiger partial charge >= 0.3 is 5.97 Å². The van der Waals surface area contributed by atoms with Crippen molar-refractivity contribution >= 4 is 11.7 Å². The fourth-order valence-electron chi connectivity index (χ4n) is 1.82. The van der Waals surface area contributed by atoms with Crippen LogP contribution in [-0.4, -0.2) is 23.4 Å². The fourth-order valence-corrected chi connectivity index (χ4v) is 1.82. The molecule has 1 aliphatic carbocycles. The van der Waals surface area contributed by atoms with Crippen LogP contribution < -0.4 is 0 Å². The van der Waals surface area contributed by atoms with Gasteiger partial charge in [-0.05, 0) is 24.3 Å². The topological polar surface area (TPSA) is 71.2 Å². The van der Waals surface area contributed by atoms with Crippen LogP contribution in [0.2, 0.25) is 0 Å². The maximum atomic E-state index is 10.9. The zero-order valence-corrected chi connectivity index (χ0v) is 11.5. The molecule has 1 unspecified atom stereocenters. The minimum Gasteiger partial charge on any atom is -0.478 e. The molecule has 1 aromatic carbocycles. The van der Waals surface area contributed by atoms with Gasteiger partial charge in [-0.3, -0.25) is 0 Å². The molecule has 0 amide bonds. The second-order valence-corrected chi connectivity index (χ2v) is 4.48. The summed E-state index contributed by atoms with van der Waals surface area (Å²) >= 11 is 0. The molecule has 0 saturated carbocycles. The van der Waals surface area contributed by atoms with Crippen molar-refractivity contribution in [2.45, 2.75) is 12.1 Å². The molecule has 0 fully saturated rings. The first kappa shape index (κ1) is 14.9. The van der Waals surface area contributed by atoms with Crippen molar-refractivity contribution < 1.29 is 14.6 Å². The SMILES string of the molecule is C=CCOC1(N=Nc2ccccc2)C=CC(C(=O)O)=CC1. The maximum Gasteiger partial charge on any atom is 0.335 e. The summed E-state index contributed by atoms with van der Waals surface area (Å²) in [5, 5.41) is 17.4. The van der Waals surface area contributed by atoms with Crippen molar-refractivity contribution in [3.63, 3.8) is 0 Å². The Kier molecular flexibility index (Phi) is 4.79. The van der Waals surface area contributed by atoms with E-state index in [0.29, 0.717) is 18.7 Å². The third kappa shape index (κ3) is 3.97. The van der Waals surface area contributed by atoms with Crippen molar-refractivity contribution in [1.82, 2.24) is 0 Å². The number of carboxylic acid groups (broad SMARTS) is 1. The Morgan fingerprint density at radius 3 is 2.76 bits per heavy atom. The predicted molar refractivity (Wildman–Crippen MR) is 79.3 cm³/mol. The van der Waals surface area contributed by atoms with Crippen LogP contribution in [0, 0.1) is 0 Å². The summed E-state index contributed by atoms with van der Waals surface area (Å²) in [6.07, 6.45) is 6.61. The molecular formula is C16H16N2O3. The van der Waals surface area contributed by atoms with Crippen LogP contribution in [0.1, 0.15) is 6.42 Å². The third-order valence-electron chi connectivity index (χ3n) is 2.93. The number of azo groups is 1. The average Bonchev–Trinajstić information content (AvgIpc) is 2.52. The van der Waals surface area contributed by atoms with E-state index in [0.717, 1.165) is 0 Å². The van der Waals surface area contributed by atoms with E-state index in [-0.39, 0.29) is 5.57 Å². The van der Waals surface area contributed by atoms with E-state index in [1.165, 1.54) is 6.08 Å². The maximum absolute atomic E-state index is 10.9. The van der Waals surface area contributed by atoms with Gasteiger partial charge in [0.25, 0.3) is 0 Å². The Morgan fingerprint density at radius 2 is 2.19 bits per heavy atom. The lowest BCUT2D eigenvalue weighted by molar-refractivity contribution is -0.132. The molecule has 5 nitrogen and oxygen atoms in total. The molecule has 108 valence electrons. The van der Waals surface area contributed by atoms with E-state index < -0.39 is 11.7 Å². The summed E-state index contributed by atoms with van der Waals surface area (Å²) in [5.74, 6) is -0.969. The zero-order chi connectivity index (χ0) is 15.1. The van der Waals surface area contributed by atoms with E-state index in [1.54, 1.807) is 18.2 Å². The Morgan fingerprint density at radius 1 is 1.43 bits per heavy atom. The lowest BCUT2D eigenvalue weighted by Gasteiger charge is -2.26. The van der Waals surface area contributed by atoms with Gasteiger partial charge in [-0.2, -0.15) is 5.11 Å². The molecule has 0 spiro atoms. The Bertz CT molecular complexity index is 605. The van der Waals surface area contributed by atoms with Crippen LogP contribution in [0.5, 0.6) is 0 Å². The molecule has 2 rings (SSSR count). The molecule has 0 aromatic heterocycles. The molecule has 0 saturated heterocycles. The van der Waals surface area contributed by atoms with E-state index in [9.17, 15) is 4.79 Å². The van der Waals surface area contributed by atoms with Gasteiger partial charge in [0.05, 0.1) is 17.9 Å². The Hall–Kier alpha value is -2.53. The molecule has 21 heavy (non-hydrogen) atoms. The first-order valence-electron chi connectivity index (χ1n) is 6.51. The number of carboxylic acids is 1. The largest absolute Gasteiger partial charge is 0.478 e. The molecule has 1 aliphatic rings. The summed E-state index contributed by atoms with van der Waals surface area (Å²) in [6, 6.07) is 9.28. The second kappa shape index (κ2) is 6.76. The highest BCUT2D eigenvalue weighted by Crippen LogP contribution is 2.28. The molecular weight excluding hydrogens is 268 g/mol. The number of nitrogens with zero attached hydrogens (tertiary/aromatic N) is 2. The van der Waals surface area contributed by atoms with Crippen molar-refractivity contribution in [1.29, 1.82) is 0 Å². The van der Waals surface area contributed by atoms with Crippen molar-refractivity contribution in [2.75, 3.05) is 6.61 Å². The number of ether oxygens (including phenoxy) is 1. The molecule has 0 bridgehead atoms. The second-order valence-electron chi connectivity index (χ2n) is 4.48. The number of benzene rings is 1. The Labute approximate surface area is 123 Å². The minimum absolute atomic E-state index is 0.225. The van der Waals surface area contributed by atoms with Crippen LogP contribution in [0.3, 0.4) is 0 Å². The van der Waals surface area contributed by atoms with E-state index in [4.69, 9.17) is 9.84 Å². The molecule has 0 radical (unpaired) electrons. The van der Waals surface area contributed by atoms with Crippen LogP contribution >= 0.6 is 0 Å². The molecule has 0 aliphatic heterocycles. The fraction of sp³-hybridized carbons (Fsp3) is 0.188. The van der Waals surface area contributed by atoms with E-state index >= 15 is 0 Å². The monoisotopic (exact) mass is 284 g/mol. The quantitative estimate of drug-likeness (QED) is 0.640. The molecule has 1 N–H and O–H groups in total. The standard InChI is InChI=1S/C16H16N2O3/c1-2-12-21-16(10-8-13(9-11-16)15(19)20)18-17-14-6-4-3-5-7-14/h2-10H,1,11-12H2,(H,19,20). The molecule has 5 heteroatoms. The van der Waals surface area contributed by atoms with Crippen LogP contribution in [-0.2, 0) is 9.53 Å². The van der Waals surface area contributed by atoms with Crippen molar-refractivity contribution in [3.05, 3.63) is 66.8 Å². The zero-order valence-electron chi connectivity index (χ0n) is 11.5. The van der Waals surface area contributed by atoms with Crippen LogP contribution in [0.25, 0.3) is 0 Å². The highest BCUT2D eigenvalue weighted by atomic mass is 16.5. The number of aliphatic carboxylic acids is 1. The molecule has 0 heterocycles. The predicted octanol–water partition coefficient (Wildman–Crippen LogP) is 3.64.